The summed E-state index contributed by atoms with van der Waals surface area (Å²) in [7, 11) is 0. The number of nitrogens with zero attached hydrogens (tertiary/aromatic N) is 4. The number of rotatable bonds is 6. The summed E-state index contributed by atoms with van der Waals surface area (Å²) in [5.41, 5.74) is 0.812. The maximum atomic E-state index is 12.6. The largest absolute Gasteiger partial charge is 0.481 e. The number of carbonyl (C=O) groups is 2. The molecule has 0 aliphatic rings. The van der Waals surface area contributed by atoms with Gasteiger partial charge in [0.25, 0.3) is 5.91 Å². The number of aromatic nitrogens is 3. The first-order valence-electron chi connectivity index (χ1n) is 7.22. The molecule has 0 radical (unpaired) electrons. The van der Waals surface area contributed by atoms with Gasteiger partial charge in [-0.25, -0.2) is 0 Å². The van der Waals surface area contributed by atoms with Crippen LogP contribution in [0.4, 0.5) is 0 Å². The second kappa shape index (κ2) is 6.43. The summed E-state index contributed by atoms with van der Waals surface area (Å²) in [4.78, 5) is 26.2. The summed E-state index contributed by atoms with van der Waals surface area (Å²) in [5, 5.41) is 17.1. The molecule has 22 heavy (non-hydrogen) atoms. The van der Waals surface area contributed by atoms with E-state index in [0.717, 1.165) is 11.5 Å². The molecule has 0 spiro atoms. The molecule has 0 bridgehead atoms. The average molecular weight is 324 g/mol. The minimum atomic E-state index is -0.907. The Bertz CT molecular complexity index is 704. The normalized spacial score (nSPS) is 11.3. The van der Waals surface area contributed by atoms with Gasteiger partial charge in [-0.3, -0.25) is 14.0 Å². The van der Waals surface area contributed by atoms with Crippen molar-refractivity contribution in [3.05, 3.63) is 16.4 Å². The predicted octanol–water partition coefficient (Wildman–Crippen LogP) is 2.16. The Morgan fingerprint density at radius 2 is 2.05 bits per heavy atom. The van der Waals surface area contributed by atoms with Crippen LogP contribution < -0.4 is 0 Å². The maximum Gasteiger partial charge on any atom is 0.305 e. The zero-order valence-corrected chi connectivity index (χ0v) is 14.0. The summed E-state index contributed by atoms with van der Waals surface area (Å²) >= 11 is 1.30. The highest BCUT2D eigenvalue weighted by molar-refractivity contribution is 7.19. The molecule has 0 aliphatic heterocycles. The molecule has 0 saturated heterocycles. The van der Waals surface area contributed by atoms with Crippen LogP contribution in [0.1, 0.15) is 54.3 Å². The molecule has 120 valence electrons. The molecule has 7 nitrogen and oxygen atoms in total. The molecule has 0 saturated carbocycles. The third kappa shape index (κ3) is 2.96. The van der Waals surface area contributed by atoms with Crippen molar-refractivity contribution in [1.82, 2.24) is 19.5 Å². The Labute approximate surface area is 132 Å². The van der Waals surface area contributed by atoms with E-state index in [1.807, 2.05) is 32.1 Å². The monoisotopic (exact) mass is 324 g/mol. The van der Waals surface area contributed by atoms with Crippen molar-refractivity contribution in [2.75, 3.05) is 13.1 Å². The number of carboxylic acids is 1. The van der Waals surface area contributed by atoms with Crippen LogP contribution in [0.25, 0.3) is 4.96 Å². The van der Waals surface area contributed by atoms with Gasteiger partial charge in [0.15, 0.2) is 0 Å². The van der Waals surface area contributed by atoms with Gasteiger partial charge >= 0.3 is 5.97 Å². The van der Waals surface area contributed by atoms with Crippen molar-refractivity contribution in [2.45, 2.75) is 40.0 Å². The quantitative estimate of drug-likeness (QED) is 0.879. The Kier molecular flexibility index (Phi) is 4.80. The van der Waals surface area contributed by atoms with Gasteiger partial charge in [0.05, 0.1) is 6.42 Å². The van der Waals surface area contributed by atoms with Gasteiger partial charge in [0, 0.05) is 24.7 Å². The second-order valence-electron chi connectivity index (χ2n) is 5.38. The number of hydrogen-bond acceptors (Lipinski definition) is 5. The van der Waals surface area contributed by atoms with Crippen LogP contribution in [0.2, 0.25) is 0 Å². The number of aliphatic carboxylic acids is 1. The zero-order chi connectivity index (χ0) is 16.4. The second-order valence-corrected chi connectivity index (χ2v) is 6.35. The Hall–Kier alpha value is -1.96. The van der Waals surface area contributed by atoms with Crippen molar-refractivity contribution >= 4 is 28.2 Å². The molecule has 0 fully saturated rings. The summed E-state index contributed by atoms with van der Waals surface area (Å²) in [6.45, 7) is 8.45. The van der Waals surface area contributed by atoms with E-state index in [0.29, 0.717) is 16.4 Å². The molecule has 2 aromatic rings. The predicted molar refractivity (Wildman–Crippen MR) is 83.5 cm³/mol. The Balaban J connectivity index is 2.35. The van der Waals surface area contributed by atoms with E-state index in [1.165, 1.54) is 11.3 Å². The lowest BCUT2D eigenvalue weighted by molar-refractivity contribution is -0.137. The van der Waals surface area contributed by atoms with E-state index in [1.54, 1.807) is 4.90 Å². The van der Waals surface area contributed by atoms with Crippen LogP contribution in [0, 0.1) is 6.92 Å². The molecule has 1 amide bonds. The number of fused-ring (bicyclic) bond motifs is 1. The molecular weight excluding hydrogens is 304 g/mol. The maximum absolute atomic E-state index is 12.6. The smallest absolute Gasteiger partial charge is 0.305 e. The number of carbonyl (C=O) groups excluding carboxylic acids is 1. The van der Waals surface area contributed by atoms with Crippen molar-refractivity contribution in [3.63, 3.8) is 0 Å². The number of aryl methyl sites for hydroxylation is 1. The molecule has 2 aromatic heterocycles. The van der Waals surface area contributed by atoms with Crippen molar-refractivity contribution in [2.24, 2.45) is 0 Å². The lowest BCUT2D eigenvalue weighted by Crippen LogP contribution is -2.32. The van der Waals surface area contributed by atoms with Gasteiger partial charge in [-0.2, -0.15) is 0 Å². The third-order valence-corrected chi connectivity index (χ3v) is 4.61. The van der Waals surface area contributed by atoms with E-state index in [-0.39, 0.29) is 24.8 Å². The van der Waals surface area contributed by atoms with Crippen LogP contribution >= 0.6 is 11.3 Å². The van der Waals surface area contributed by atoms with Crippen molar-refractivity contribution < 1.29 is 14.7 Å². The molecule has 0 unspecified atom stereocenters. The first-order valence-corrected chi connectivity index (χ1v) is 8.03. The van der Waals surface area contributed by atoms with Gasteiger partial charge < -0.3 is 10.0 Å². The lowest BCUT2D eigenvalue weighted by atomic mass is 10.2. The van der Waals surface area contributed by atoms with Crippen molar-refractivity contribution in [3.8, 4) is 0 Å². The fraction of sp³-hybridized carbons (Fsp3) is 0.571. The third-order valence-electron chi connectivity index (χ3n) is 3.49. The van der Waals surface area contributed by atoms with E-state index < -0.39 is 5.97 Å². The van der Waals surface area contributed by atoms with Gasteiger partial charge in [-0.15, -0.1) is 10.2 Å². The van der Waals surface area contributed by atoms with Gasteiger partial charge in [-0.1, -0.05) is 25.2 Å². The minimum absolute atomic E-state index is 0.0556. The van der Waals surface area contributed by atoms with Gasteiger partial charge in [0.1, 0.15) is 10.7 Å². The van der Waals surface area contributed by atoms with Crippen LogP contribution in [-0.2, 0) is 4.79 Å². The molecular formula is C14H20N4O3S. The lowest BCUT2D eigenvalue weighted by Gasteiger charge is -2.19. The van der Waals surface area contributed by atoms with Crippen molar-refractivity contribution in [1.29, 1.82) is 0 Å². The number of hydrogen-bond donors (Lipinski definition) is 1. The van der Waals surface area contributed by atoms with Crippen LogP contribution in [0.3, 0.4) is 0 Å². The van der Waals surface area contributed by atoms with E-state index >= 15 is 0 Å². The minimum Gasteiger partial charge on any atom is -0.481 e. The summed E-state index contributed by atoms with van der Waals surface area (Å²) in [5.74, 6) is -0.0152. The average Bonchev–Trinajstić information content (AvgIpc) is 2.99. The standard InChI is InChI=1S/C14H20N4O3S/c1-5-17(7-6-10(19)20)13(21)11-9(4)18-12(8(2)3)15-16-14(18)22-11/h8H,5-7H2,1-4H3,(H,19,20). The fourth-order valence-corrected chi connectivity index (χ4v) is 3.32. The zero-order valence-electron chi connectivity index (χ0n) is 13.2. The molecule has 0 atom stereocenters. The molecule has 2 rings (SSSR count). The first-order chi connectivity index (χ1) is 10.4. The summed E-state index contributed by atoms with van der Waals surface area (Å²) in [6, 6.07) is 0. The summed E-state index contributed by atoms with van der Waals surface area (Å²) < 4.78 is 1.91. The number of thiazole rings is 1. The molecule has 2 heterocycles. The van der Waals surface area contributed by atoms with Crippen LogP contribution in [0.5, 0.6) is 0 Å². The van der Waals surface area contributed by atoms with Crippen LogP contribution in [0.15, 0.2) is 0 Å². The molecule has 0 aromatic carbocycles. The van der Waals surface area contributed by atoms with Crippen LogP contribution in [-0.4, -0.2) is 49.6 Å². The van der Waals surface area contributed by atoms with Gasteiger partial charge in [-0.05, 0) is 13.8 Å². The molecule has 0 aliphatic carbocycles. The highest BCUT2D eigenvalue weighted by Gasteiger charge is 2.24. The number of carboxylic acid groups (broad SMARTS) is 1. The molecule has 8 heteroatoms. The topological polar surface area (TPSA) is 87.8 Å². The van der Waals surface area contributed by atoms with E-state index in [4.69, 9.17) is 5.11 Å². The SMILES string of the molecule is CCN(CCC(=O)O)C(=O)c1sc2nnc(C(C)C)n2c1C. The van der Waals surface area contributed by atoms with Gasteiger partial charge in [0.2, 0.25) is 4.96 Å². The number of amides is 1. The summed E-state index contributed by atoms with van der Waals surface area (Å²) in [6.07, 6.45) is -0.0556. The highest BCUT2D eigenvalue weighted by atomic mass is 32.1. The molecule has 1 N–H and O–H groups in total. The van der Waals surface area contributed by atoms with E-state index in [2.05, 4.69) is 10.2 Å². The van der Waals surface area contributed by atoms with E-state index in [9.17, 15) is 9.59 Å². The highest BCUT2D eigenvalue weighted by Crippen LogP contribution is 2.26. The fourth-order valence-electron chi connectivity index (χ4n) is 2.28. The Morgan fingerprint density at radius 3 is 2.59 bits per heavy atom. The Morgan fingerprint density at radius 1 is 1.36 bits per heavy atom. The first kappa shape index (κ1) is 16.4.